The fraction of sp³-hybridized carbons (Fsp3) is 0.250. The van der Waals surface area contributed by atoms with Crippen molar-refractivity contribution in [3.05, 3.63) is 30.0 Å². The standard InChI is InChI=1S/C8H9N5O2/c1-13(5-6-3-2-4-15-6)8(14)7-9-11-12-10-7/h2-4H,5H2,1H3,(H,9,10,11,12). The maximum absolute atomic E-state index is 11.6. The van der Waals surface area contributed by atoms with Crippen LogP contribution in [-0.4, -0.2) is 38.5 Å². The van der Waals surface area contributed by atoms with Crippen LogP contribution in [0, 0.1) is 0 Å². The van der Waals surface area contributed by atoms with Crippen LogP contribution in [0.3, 0.4) is 0 Å². The smallest absolute Gasteiger partial charge is 0.295 e. The molecule has 0 saturated carbocycles. The van der Waals surface area contributed by atoms with Crippen molar-refractivity contribution < 1.29 is 9.21 Å². The van der Waals surface area contributed by atoms with Gasteiger partial charge in [-0.1, -0.05) is 0 Å². The summed E-state index contributed by atoms with van der Waals surface area (Å²) in [5, 5.41) is 12.7. The largest absolute Gasteiger partial charge is 0.467 e. The number of aromatic amines is 1. The van der Waals surface area contributed by atoms with E-state index in [4.69, 9.17) is 4.42 Å². The molecule has 7 nitrogen and oxygen atoms in total. The maximum atomic E-state index is 11.6. The Hall–Kier alpha value is -2.18. The first-order chi connectivity index (χ1) is 7.27. The highest BCUT2D eigenvalue weighted by molar-refractivity contribution is 5.89. The lowest BCUT2D eigenvalue weighted by Crippen LogP contribution is -2.27. The number of carbonyl (C=O) groups is 1. The van der Waals surface area contributed by atoms with Crippen molar-refractivity contribution in [2.24, 2.45) is 0 Å². The van der Waals surface area contributed by atoms with Crippen LogP contribution in [0.1, 0.15) is 16.4 Å². The van der Waals surface area contributed by atoms with E-state index in [0.717, 1.165) is 0 Å². The molecule has 2 rings (SSSR count). The average molecular weight is 207 g/mol. The van der Waals surface area contributed by atoms with Gasteiger partial charge < -0.3 is 9.32 Å². The summed E-state index contributed by atoms with van der Waals surface area (Å²) in [5.74, 6) is 0.443. The Balaban J connectivity index is 2.03. The summed E-state index contributed by atoms with van der Waals surface area (Å²) in [6.45, 7) is 0.375. The molecule has 2 aromatic rings. The number of hydrogen-bond acceptors (Lipinski definition) is 5. The van der Waals surface area contributed by atoms with Crippen molar-refractivity contribution in [1.82, 2.24) is 25.5 Å². The second-order valence-electron chi connectivity index (χ2n) is 2.98. The van der Waals surface area contributed by atoms with Crippen molar-refractivity contribution in [2.75, 3.05) is 7.05 Å². The normalized spacial score (nSPS) is 10.2. The van der Waals surface area contributed by atoms with Gasteiger partial charge in [0.15, 0.2) is 0 Å². The molecule has 0 aliphatic heterocycles. The molecule has 78 valence electrons. The van der Waals surface area contributed by atoms with Crippen LogP contribution in [0.25, 0.3) is 0 Å². The van der Waals surface area contributed by atoms with Crippen LogP contribution < -0.4 is 0 Å². The fourth-order valence-electron chi connectivity index (χ4n) is 1.13. The monoisotopic (exact) mass is 207 g/mol. The Morgan fingerprint density at radius 3 is 3.13 bits per heavy atom. The molecule has 0 spiro atoms. The quantitative estimate of drug-likeness (QED) is 0.769. The molecular formula is C8H9N5O2. The summed E-state index contributed by atoms with van der Waals surface area (Å²) in [7, 11) is 1.64. The lowest BCUT2D eigenvalue weighted by molar-refractivity contribution is 0.0763. The molecule has 0 aliphatic carbocycles. The number of hydrogen-bond donors (Lipinski definition) is 1. The number of tetrazole rings is 1. The SMILES string of the molecule is CN(Cc1ccco1)C(=O)c1nn[nH]n1. The Kier molecular flexibility index (Phi) is 2.44. The molecule has 15 heavy (non-hydrogen) atoms. The van der Waals surface area contributed by atoms with Gasteiger partial charge >= 0.3 is 0 Å². The number of aromatic nitrogens is 4. The van der Waals surface area contributed by atoms with Crippen molar-refractivity contribution in [2.45, 2.75) is 6.54 Å². The molecule has 0 unspecified atom stereocenters. The van der Waals surface area contributed by atoms with Gasteiger partial charge in [0.25, 0.3) is 11.7 Å². The number of rotatable bonds is 3. The lowest BCUT2D eigenvalue weighted by Gasteiger charge is -2.12. The Morgan fingerprint density at radius 2 is 2.53 bits per heavy atom. The van der Waals surface area contributed by atoms with Gasteiger partial charge in [-0.2, -0.15) is 5.21 Å². The molecule has 0 fully saturated rings. The minimum Gasteiger partial charge on any atom is -0.467 e. The van der Waals surface area contributed by atoms with Crippen LogP contribution >= 0.6 is 0 Å². The zero-order valence-corrected chi connectivity index (χ0v) is 8.04. The minimum atomic E-state index is -0.305. The first-order valence-corrected chi connectivity index (χ1v) is 4.28. The van der Waals surface area contributed by atoms with Gasteiger partial charge in [0.1, 0.15) is 5.76 Å². The van der Waals surface area contributed by atoms with Gasteiger partial charge in [-0.25, -0.2) is 0 Å². The maximum Gasteiger partial charge on any atom is 0.295 e. The molecule has 0 atom stereocenters. The van der Waals surface area contributed by atoms with Gasteiger partial charge in [0.05, 0.1) is 12.8 Å². The van der Waals surface area contributed by atoms with Crippen molar-refractivity contribution >= 4 is 5.91 Å². The molecule has 0 saturated heterocycles. The topological polar surface area (TPSA) is 87.9 Å². The highest BCUT2D eigenvalue weighted by Gasteiger charge is 2.16. The third-order valence-corrected chi connectivity index (χ3v) is 1.86. The Bertz CT molecular complexity index is 422. The zero-order valence-electron chi connectivity index (χ0n) is 8.04. The molecule has 1 amide bonds. The summed E-state index contributed by atoms with van der Waals surface area (Å²) in [5.41, 5.74) is 0. The van der Waals surface area contributed by atoms with Crippen LogP contribution in [0.4, 0.5) is 0 Å². The number of H-pyrrole nitrogens is 1. The van der Waals surface area contributed by atoms with E-state index in [1.54, 1.807) is 25.4 Å². The second-order valence-corrected chi connectivity index (χ2v) is 2.98. The summed E-state index contributed by atoms with van der Waals surface area (Å²) >= 11 is 0. The van der Waals surface area contributed by atoms with E-state index in [1.807, 2.05) is 0 Å². The summed E-state index contributed by atoms with van der Waals surface area (Å²) < 4.78 is 5.11. The van der Waals surface area contributed by atoms with E-state index in [2.05, 4.69) is 20.6 Å². The van der Waals surface area contributed by atoms with Crippen molar-refractivity contribution in [3.63, 3.8) is 0 Å². The van der Waals surface area contributed by atoms with Crippen LogP contribution in [-0.2, 0) is 6.54 Å². The summed E-state index contributed by atoms with van der Waals surface area (Å²) in [6, 6.07) is 3.56. The second kappa shape index (κ2) is 3.91. The third kappa shape index (κ3) is 2.01. The molecule has 1 N–H and O–H groups in total. The lowest BCUT2D eigenvalue weighted by atomic mass is 10.4. The predicted octanol–water partition coefficient (Wildman–Crippen LogP) is 0.0649. The van der Waals surface area contributed by atoms with E-state index >= 15 is 0 Å². The number of furan rings is 1. The van der Waals surface area contributed by atoms with Gasteiger partial charge in [-0.3, -0.25) is 4.79 Å². The molecule has 2 heterocycles. The molecule has 0 radical (unpaired) electrons. The molecule has 7 heteroatoms. The fourth-order valence-corrected chi connectivity index (χ4v) is 1.13. The molecule has 0 bridgehead atoms. The molecular weight excluding hydrogens is 198 g/mol. The Labute approximate surface area is 85.1 Å². The van der Waals surface area contributed by atoms with Gasteiger partial charge in [-0.15, -0.1) is 10.2 Å². The van der Waals surface area contributed by atoms with Gasteiger partial charge in [0.2, 0.25) is 0 Å². The van der Waals surface area contributed by atoms with E-state index in [1.165, 1.54) is 4.90 Å². The van der Waals surface area contributed by atoms with Crippen LogP contribution in [0.5, 0.6) is 0 Å². The Morgan fingerprint density at radius 1 is 1.67 bits per heavy atom. The highest BCUT2D eigenvalue weighted by Crippen LogP contribution is 2.05. The summed E-state index contributed by atoms with van der Waals surface area (Å²) in [4.78, 5) is 13.1. The number of nitrogens with zero attached hydrogens (tertiary/aromatic N) is 4. The number of nitrogens with one attached hydrogen (secondary N) is 1. The van der Waals surface area contributed by atoms with E-state index in [0.29, 0.717) is 12.3 Å². The van der Waals surface area contributed by atoms with Crippen molar-refractivity contribution in [3.8, 4) is 0 Å². The van der Waals surface area contributed by atoms with Crippen molar-refractivity contribution in [1.29, 1.82) is 0 Å². The van der Waals surface area contributed by atoms with Gasteiger partial charge in [0, 0.05) is 7.05 Å². The number of amides is 1. The van der Waals surface area contributed by atoms with Crippen LogP contribution in [0.15, 0.2) is 22.8 Å². The third-order valence-electron chi connectivity index (χ3n) is 1.86. The number of carbonyl (C=O) groups excluding carboxylic acids is 1. The van der Waals surface area contributed by atoms with Crippen LogP contribution in [0.2, 0.25) is 0 Å². The molecule has 0 aliphatic rings. The summed E-state index contributed by atoms with van der Waals surface area (Å²) in [6.07, 6.45) is 1.56. The average Bonchev–Trinajstić information content (AvgIpc) is 2.88. The van der Waals surface area contributed by atoms with E-state index in [-0.39, 0.29) is 11.7 Å². The van der Waals surface area contributed by atoms with Gasteiger partial charge in [-0.05, 0) is 17.3 Å². The predicted molar refractivity (Wildman–Crippen MR) is 48.7 cm³/mol. The molecule has 2 aromatic heterocycles. The molecule has 0 aromatic carbocycles. The zero-order chi connectivity index (χ0) is 10.7. The van der Waals surface area contributed by atoms with E-state index in [9.17, 15) is 4.79 Å². The first-order valence-electron chi connectivity index (χ1n) is 4.28. The highest BCUT2D eigenvalue weighted by atomic mass is 16.3. The van der Waals surface area contributed by atoms with E-state index < -0.39 is 0 Å². The first kappa shape index (κ1) is 9.38. The minimum absolute atomic E-state index is 0.0454.